The van der Waals surface area contributed by atoms with Crippen LogP contribution in [0, 0.1) is 5.41 Å². The number of halogens is 1. The van der Waals surface area contributed by atoms with E-state index < -0.39 is 37.2 Å². The van der Waals surface area contributed by atoms with Crippen molar-refractivity contribution in [3.63, 3.8) is 0 Å². The molecule has 10 heteroatoms. The molecule has 2 rings (SSSR count). The van der Waals surface area contributed by atoms with Crippen LogP contribution in [0.15, 0.2) is 12.1 Å². The van der Waals surface area contributed by atoms with Gasteiger partial charge in [0, 0.05) is 6.92 Å². The summed E-state index contributed by atoms with van der Waals surface area (Å²) >= 11 is 6.10. The fourth-order valence-electron chi connectivity index (χ4n) is 2.44. The Bertz CT molecular complexity index is 762. The van der Waals surface area contributed by atoms with Crippen molar-refractivity contribution >= 4 is 36.6 Å². The van der Waals surface area contributed by atoms with Gasteiger partial charge in [-0.1, -0.05) is 17.7 Å². The van der Waals surface area contributed by atoms with Crippen LogP contribution in [0.3, 0.4) is 0 Å². The van der Waals surface area contributed by atoms with E-state index >= 15 is 0 Å². The molecule has 27 heavy (non-hydrogen) atoms. The van der Waals surface area contributed by atoms with Crippen molar-refractivity contribution in [2.24, 2.45) is 5.41 Å². The predicted molar refractivity (Wildman–Crippen MR) is 97.2 cm³/mol. The second-order valence-corrected chi connectivity index (χ2v) is 7.57. The molecule has 1 aromatic carbocycles. The number of carbonyl (C=O) groups is 3. The maximum atomic E-state index is 12.4. The molecule has 0 unspecified atom stereocenters. The normalized spacial score (nSPS) is 16.1. The molecule has 1 aromatic rings. The first kappa shape index (κ1) is 21.0. The van der Waals surface area contributed by atoms with Crippen molar-refractivity contribution in [3.05, 3.63) is 28.3 Å². The molecule has 1 aliphatic rings. The Balaban J connectivity index is 2.15. The van der Waals surface area contributed by atoms with Gasteiger partial charge in [0.2, 0.25) is 12.7 Å². The van der Waals surface area contributed by atoms with Crippen LogP contribution in [0.2, 0.25) is 5.02 Å². The van der Waals surface area contributed by atoms with Crippen molar-refractivity contribution in [2.75, 3.05) is 6.79 Å². The van der Waals surface area contributed by atoms with E-state index in [1.807, 2.05) is 0 Å². The van der Waals surface area contributed by atoms with E-state index in [0.717, 1.165) is 0 Å². The number of esters is 2. The Morgan fingerprint density at radius 1 is 1.33 bits per heavy atom. The van der Waals surface area contributed by atoms with Gasteiger partial charge in [0.05, 0.1) is 16.4 Å². The summed E-state index contributed by atoms with van der Waals surface area (Å²) in [6, 6.07) is 3.12. The van der Waals surface area contributed by atoms with Crippen LogP contribution in [-0.4, -0.2) is 42.7 Å². The first-order chi connectivity index (χ1) is 12.5. The van der Waals surface area contributed by atoms with Crippen LogP contribution in [0.1, 0.15) is 43.6 Å². The Hall–Kier alpha value is -2.26. The number of nitrogens with one attached hydrogen (secondary N) is 1. The van der Waals surface area contributed by atoms with Gasteiger partial charge in [-0.2, -0.15) is 0 Å². The van der Waals surface area contributed by atoms with Crippen LogP contribution < -0.4 is 9.97 Å². The summed E-state index contributed by atoms with van der Waals surface area (Å²) < 4.78 is 15.3. The van der Waals surface area contributed by atoms with Crippen molar-refractivity contribution in [3.8, 4) is 5.75 Å². The second kappa shape index (κ2) is 8.18. The molecule has 1 atom stereocenters. The summed E-state index contributed by atoms with van der Waals surface area (Å²) in [5, 5.41) is 12.7. The largest absolute Gasteiger partial charge is 0.547 e. The average Bonchev–Trinajstić information content (AvgIpc) is 2.54. The molecule has 2 N–H and O–H groups in total. The first-order valence-corrected chi connectivity index (χ1v) is 8.66. The Labute approximate surface area is 162 Å². The highest BCUT2D eigenvalue weighted by atomic mass is 35.5. The highest BCUT2D eigenvalue weighted by molar-refractivity contribution is 6.47. The summed E-state index contributed by atoms with van der Waals surface area (Å²) in [6.45, 7) is 5.75. The van der Waals surface area contributed by atoms with Gasteiger partial charge in [0.1, 0.15) is 11.3 Å². The summed E-state index contributed by atoms with van der Waals surface area (Å²) in [4.78, 5) is 35.4. The molecular weight excluding hydrogens is 376 g/mol. The van der Waals surface area contributed by atoms with E-state index in [4.69, 9.17) is 25.7 Å². The van der Waals surface area contributed by atoms with E-state index in [2.05, 4.69) is 5.32 Å². The summed E-state index contributed by atoms with van der Waals surface area (Å²) in [6.07, 6.45) is 0.243. The third kappa shape index (κ3) is 5.14. The van der Waals surface area contributed by atoms with E-state index in [1.54, 1.807) is 26.8 Å². The zero-order chi connectivity index (χ0) is 20.4. The number of hydrogen-bond acceptors (Lipinski definition) is 7. The van der Waals surface area contributed by atoms with Gasteiger partial charge >= 0.3 is 19.1 Å². The van der Waals surface area contributed by atoms with Gasteiger partial charge in [-0.15, -0.1) is 0 Å². The van der Waals surface area contributed by atoms with Gasteiger partial charge in [-0.05, 0) is 38.8 Å². The van der Waals surface area contributed by atoms with E-state index in [0.29, 0.717) is 5.56 Å². The van der Waals surface area contributed by atoms with Crippen LogP contribution in [0.5, 0.6) is 5.75 Å². The van der Waals surface area contributed by atoms with Gasteiger partial charge in [0.15, 0.2) is 0 Å². The van der Waals surface area contributed by atoms with Gasteiger partial charge < -0.3 is 24.5 Å². The number of amides is 1. The molecular formula is C17H21BClNO7. The topological polar surface area (TPSA) is 111 Å². The van der Waals surface area contributed by atoms with E-state index in [9.17, 15) is 19.4 Å². The smallest absolute Gasteiger partial charge is 0.534 e. The zero-order valence-electron chi connectivity index (χ0n) is 15.5. The molecule has 0 radical (unpaired) electrons. The zero-order valence-corrected chi connectivity index (χ0v) is 16.3. The highest BCUT2D eigenvalue weighted by Gasteiger charge is 2.38. The molecule has 0 fully saturated rings. The Morgan fingerprint density at radius 3 is 2.59 bits per heavy atom. The molecule has 1 amide bonds. The molecule has 1 aliphatic heterocycles. The molecule has 0 aliphatic carbocycles. The van der Waals surface area contributed by atoms with E-state index in [1.165, 1.54) is 13.0 Å². The van der Waals surface area contributed by atoms with Crippen molar-refractivity contribution in [1.82, 2.24) is 5.32 Å². The Kier molecular flexibility index (Phi) is 6.38. The predicted octanol–water partition coefficient (Wildman–Crippen LogP) is 1.50. The third-order valence-corrected chi connectivity index (χ3v) is 4.11. The quantitative estimate of drug-likeness (QED) is 0.450. The summed E-state index contributed by atoms with van der Waals surface area (Å²) in [5.41, 5.74) is -0.245. The number of benzene rings is 1. The number of ether oxygens (including phenoxy) is 2. The maximum Gasteiger partial charge on any atom is 0.547 e. The molecule has 0 saturated carbocycles. The Morgan fingerprint density at radius 2 is 2.00 bits per heavy atom. The van der Waals surface area contributed by atoms with Gasteiger partial charge in [-0.3, -0.25) is 9.59 Å². The number of carbonyl (C=O) groups excluding carboxylic acids is 3. The fraction of sp³-hybridized carbons (Fsp3) is 0.471. The standard InChI is InChI=1S/C17H21BClNO7/c1-9(21)20-12-7-10-5-6-11(19)13(14(10)27-18(12)24)15(22)25-8-26-16(23)17(2,3)4/h5-6,12,24H,7-8H2,1-4H3,(H,20,21)/t12-/m0/s1. The van der Waals surface area contributed by atoms with Crippen LogP contribution in [0.25, 0.3) is 0 Å². The minimum Gasteiger partial charge on any atom is -0.534 e. The average molecular weight is 398 g/mol. The molecule has 8 nitrogen and oxygen atoms in total. The molecule has 0 aromatic heterocycles. The van der Waals surface area contributed by atoms with Crippen LogP contribution in [0.4, 0.5) is 0 Å². The lowest BCUT2D eigenvalue weighted by molar-refractivity contribution is -0.161. The lowest BCUT2D eigenvalue weighted by Crippen LogP contribution is -2.52. The minimum absolute atomic E-state index is 0.0612. The monoisotopic (exact) mass is 397 g/mol. The number of fused-ring (bicyclic) bond motifs is 1. The van der Waals surface area contributed by atoms with Crippen LogP contribution in [-0.2, 0) is 25.5 Å². The number of hydrogen-bond donors (Lipinski definition) is 2. The minimum atomic E-state index is -1.36. The van der Waals surface area contributed by atoms with Gasteiger partial charge in [-0.25, -0.2) is 4.79 Å². The van der Waals surface area contributed by atoms with Crippen molar-refractivity contribution < 1.29 is 33.5 Å². The first-order valence-electron chi connectivity index (χ1n) is 8.28. The molecule has 0 bridgehead atoms. The summed E-state index contributed by atoms with van der Waals surface area (Å²) in [7, 11) is -1.36. The van der Waals surface area contributed by atoms with Crippen LogP contribution >= 0.6 is 11.6 Å². The molecule has 0 saturated heterocycles. The SMILES string of the molecule is CC(=O)N[C@H]1Cc2ccc(Cl)c(C(=O)OCOC(=O)C(C)(C)C)c2OB1O. The second-order valence-electron chi connectivity index (χ2n) is 7.16. The summed E-state index contributed by atoms with van der Waals surface area (Å²) in [5.74, 6) is -2.29. The lowest BCUT2D eigenvalue weighted by atomic mass is 9.72. The van der Waals surface area contributed by atoms with Crippen molar-refractivity contribution in [2.45, 2.75) is 40.1 Å². The van der Waals surface area contributed by atoms with Gasteiger partial charge in [0.25, 0.3) is 0 Å². The molecule has 146 valence electrons. The molecule has 0 spiro atoms. The lowest BCUT2D eigenvalue weighted by Gasteiger charge is -2.29. The fourth-order valence-corrected chi connectivity index (χ4v) is 2.66. The number of rotatable bonds is 4. The molecule has 1 heterocycles. The highest BCUT2D eigenvalue weighted by Crippen LogP contribution is 2.35. The maximum absolute atomic E-state index is 12.4. The van der Waals surface area contributed by atoms with Crippen molar-refractivity contribution in [1.29, 1.82) is 0 Å². The third-order valence-electron chi connectivity index (χ3n) is 3.80. The van der Waals surface area contributed by atoms with E-state index in [-0.39, 0.29) is 28.7 Å².